The zero-order chi connectivity index (χ0) is 17.0. The summed E-state index contributed by atoms with van der Waals surface area (Å²) in [4.78, 5) is 0. The molecule has 0 unspecified atom stereocenters. The molecule has 0 aromatic heterocycles. The van der Waals surface area contributed by atoms with E-state index in [1.54, 1.807) is 0 Å². The van der Waals surface area contributed by atoms with E-state index in [4.69, 9.17) is 18.6 Å². The van der Waals surface area contributed by atoms with Crippen molar-refractivity contribution >= 4 is 14.2 Å². The quantitative estimate of drug-likeness (QED) is 0.589. The van der Waals surface area contributed by atoms with Crippen molar-refractivity contribution in [3.05, 3.63) is 12.2 Å². The normalized spacial score (nSPS) is 29.0. The van der Waals surface area contributed by atoms with Crippen molar-refractivity contribution in [1.82, 2.24) is 0 Å². The highest BCUT2D eigenvalue weighted by atomic mass is 16.7. The number of allylic oxidation sites excluding steroid dienone is 2. The summed E-state index contributed by atoms with van der Waals surface area (Å²) >= 11 is 0. The fourth-order valence-corrected chi connectivity index (χ4v) is 2.62. The number of hydrogen-bond acceptors (Lipinski definition) is 4. The standard InChI is InChI=1S/C16H30B2O4/c1-10-11-12(17-19-13(2,3)14(4,5)20-17)18-21-15(6,7)16(8,9)22-18/h10-12H,1-9H3/b11-10+. The molecule has 2 saturated heterocycles. The van der Waals surface area contributed by atoms with E-state index in [9.17, 15) is 0 Å². The van der Waals surface area contributed by atoms with E-state index in [1.165, 1.54) is 0 Å². The summed E-state index contributed by atoms with van der Waals surface area (Å²) in [6, 6.07) is 0. The minimum Gasteiger partial charge on any atom is -0.403 e. The first-order chi connectivity index (χ1) is 9.83. The van der Waals surface area contributed by atoms with Gasteiger partial charge in [0.2, 0.25) is 0 Å². The summed E-state index contributed by atoms with van der Waals surface area (Å²) in [5.41, 5.74) is -1.54. The van der Waals surface area contributed by atoms with Gasteiger partial charge in [0.25, 0.3) is 0 Å². The van der Waals surface area contributed by atoms with Gasteiger partial charge in [-0.1, -0.05) is 12.2 Å². The second-order valence-corrected chi connectivity index (χ2v) is 8.35. The molecule has 2 aliphatic rings. The summed E-state index contributed by atoms with van der Waals surface area (Å²) in [6.07, 6.45) is 4.06. The van der Waals surface area contributed by atoms with Crippen LogP contribution in [0.5, 0.6) is 0 Å². The highest BCUT2D eigenvalue weighted by Crippen LogP contribution is 2.45. The van der Waals surface area contributed by atoms with E-state index in [0.29, 0.717) is 0 Å². The second kappa shape index (κ2) is 5.37. The third kappa shape index (κ3) is 2.91. The Kier molecular flexibility index (Phi) is 4.41. The van der Waals surface area contributed by atoms with Crippen molar-refractivity contribution in [1.29, 1.82) is 0 Å². The molecule has 0 bridgehead atoms. The first-order valence-corrected chi connectivity index (χ1v) is 8.17. The zero-order valence-electron chi connectivity index (χ0n) is 15.5. The van der Waals surface area contributed by atoms with Gasteiger partial charge in [-0.25, -0.2) is 0 Å². The first kappa shape index (κ1) is 18.1. The average molecular weight is 308 g/mol. The zero-order valence-corrected chi connectivity index (χ0v) is 15.5. The van der Waals surface area contributed by atoms with Gasteiger partial charge in [-0.05, 0) is 62.3 Å². The summed E-state index contributed by atoms with van der Waals surface area (Å²) in [5, 5.41) is 0. The molecule has 124 valence electrons. The van der Waals surface area contributed by atoms with E-state index >= 15 is 0 Å². The van der Waals surface area contributed by atoms with Gasteiger partial charge in [-0.2, -0.15) is 0 Å². The maximum Gasteiger partial charge on any atom is 0.462 e. The van der Waals surface area contributed by atoms with Gasteiger partial charge in [0, 0.05) is 5.72 Å². The van der Waals surface area contributed by atoms with Crippen molar-refractivity contribution in [3.63, 3.8) is 0 Å². The van der Waals surface area contributed by atoms with Crippen molar-refractivity contribution in [2.75, 3.05) is 0 Å². The third-order valence-corrected chi connectivity index (χ3v) is 5.59. The van der Waals surface area contributed by atoms with Crippen LogP contribution in [0.3, 0.4) is 0 Å². The summed E-state index contributed by atoms with van der Waals surface area (Å²) < 4.78 is 24.8. The predicted octanol–water partition coefficient (Wildman–Crippen LogP) is 3.66. The average Bonchev–Trinajstić information content (AvgIpc) is 2.65. The van der Waals surface area contributed by atoms with Crippen molar-refractivity contribution in [3.8, 4) is 0 Å². The smallest absolute Gasteiger partial charge is 0.403 e. The first-order valence-electron chi connectivity index (χ1n) is 8.17. The molecule has 2 fully saturated rings. The van der Waals surface area contributed by atoms with E-state index in [-0.39, 0.29) is 42.4 Å². The lowest BCUT2D eigenvalue weighted by Gasteiger charge is -2.32. The van der Waals surface area contributed by atoms with Crippen LogP contribution in [0.4, 0.5) is 0 Å². The number of hydrogen-bond donors (Lipinski definition) is 0. The van der Waals surface area contributed by atoms with Crippen LogP contribution in [0, 0.1) is 0 Å². The van der Waals surface area contributed by atoms with Crippen LogP contribution in [0.2, 0.25) is 5.72 Å². The molecule has 22 heavy (non-hydrogen) atoms. The van der Waals surface area contributed by atoms with Crippen LogP contribution in [0.1, 0.15) is 62.3 Å². The van der Waals surface area contributed by atoms with Crippen LogP contribution in [-0.4, -0.2) is 36.6 Å². The molecule has 0 radical (unpaired) electrons. The molecule has 0 aliphatic carbocycles. The highest BCUT2D eigenvalue weighted by molar-refractivity contribution is 6.69. The molecule has 0 aromatic rings. The maximum absolute atomic E-state index is 6.19. The molecule has 0 atom stereocenters. The lowest BCUT2D eigenvalue weighted by Crippen LogP contribution is -2.41. The van der Waals surface area contributed by atoms with Crippen LogP contribution in [0.15, 0.2) is 12.2 Å². The second-order valence-electron chi connectivity index (χ2n) is 8.35. The Morgan fingerprint density at radius 3 is 1.14 bits per heavy atom. The van der Waals surface area contributed by atoms with E-state index in [2.05, 4.69) is 61.5 Å². The lowest BCUT2D eigenvalue weighted by atomic mass is 9.51. The van der Waals surface area contributed by atoms with Crippen molar-refractivity contribution in [2.45, 2.75) is 90.4 Å². The van der Waals surface area contributed by atoms with Gasteiger partial charge in [0.1, 0.15) is 0 Å². The Labute approximate surface area is 136 Å². The van der Waals surface area contributed by atoms with Gasteiger partial charge < -0.3 is 18.6 Å². The van der Waals surface area contributed by atoms with Crippen molar-refractivity contribution < 1.29 is 18.6 Å². The maximum atomic E-state index is 6.19. The Morgan fingerprint density at radius 1 is 0.636 bits per heavy atom. The molecule has 6 heteroatoms. The van der Waals surface area contributed by atoms with Gasteiger partial charge in [0.05, 0.1) is 22.4 Å². The highest BCUT2D eigenvalue weighted by Gasteiger charge is 2.61. The van der Waals surface area contributed by atoms with Gasteiger partial charge in [0.15, 0.2) is 0 Å². The van der Waals surface area contributed by atoms with Crippen LogP contribution in [0.25, 0.3) is 0 Å². The molecule has 0 spiro atoms. The Bertz CT molecular complexity index is 389. The van der Waals surface area contributed by atoms with Gasteiger partial charge >= 0.3 is 14.2 Å². The number of rotatable bonds is 3. The molecule has 0 amide bonds. The minimum absolute atomic E-state index is 0.105. The topological polar surface area (TPSA) is 36.9 Å². The molecule has 0 aromatic carbocycles. The van der Waals surface area contributed by atoms with Crippen LogP contribution >= 0.6 is 0 Å². The largest absolute Gasteiger partial charge is 0.462 e. The lowest BCUT2D eigenvalue weighted by molar-refractivity contribution is 0.00578. The minimum atomic E-state index is -0.379. The van der Waals surface area contributed by atoms with Gasteiger partial charge in [-0.3, -0.25) is 0 Å². The van der Waals surface area contributed by atoms with Gasteiger partial charge in [-0.15, -0.1) is 0 Å². The van der Waals surface area contributed by atoms with Crippen molar-refractivity contribution in [2.24, 2.45) is 0 Å². The van der Waals surface area contributed by atoms with E-state index in [1.807, 2.05) is 13.0 Å². The fourth-order valence-electron chi connectivity index (χ4n) is 2.62. The fraction of sp³-hybridized carbons (Fsp3) is 0.875. The molecule has 0 saturated carbocycles. The molecular weight excluding hydrogens is 278 g/mol. The molecule has 2 aliphatic heterocycles. The summed E-state index contributed by atoms with van der Waals surface area (Å²) in [6.45, 7) is 18.5. The molecule has 2 heterocycles. The summed E-state index contributed by atoms with van der Waals surface area (Å²) in [5.74, 6) is 0. The van der Waals surface area contributed by atoms with Crippen LogP contribution in [-0.2, 0) is 18.6 Å². The molecule has 2 rings (SSSR count). The molecule has 0 N–H and O–H groups in total. The molecular formula is C16H30B2O4. The van der Waals surface area contributed by atoms with E-state index in [0.717, 1.165) is 0 Å². The Hall–Kier alpha value is -0.290. The predicted molar refractivity (Wildman–Crippen MR) is 90.7 cm³/mol. The SMILES string of the molecule is C/C=C/C(B1OC(C)(C)C(C)(C)O1)B1OC(C)(C)C(C)(C)O1. The monoisotopic (exact) mass is 308 g/mol. The third-order valence-electron chi connectivity index (χ3n) is 5.59. The van der Waals surface area contributed by atoms with E-state index < -0.39 is 0 Å². The summed E-state index contributed by atoms with van der Waals surface area (Å²) in [7, 11) is -0.758. The Balaban J connectivity index is 2.23. The molecule has 4 nitrogen and oxygen atoms in total. The van der Waals surface area contributed by atoms with Crippen LogP contribution < -0.4 is 0 Å². The Morgan fingerprint density at radius 2 is 0.909 bits per heavy atom.